The van der Waals surface area contributed by atoms with E-state index in [4.69, 9.17) is 9.88 Å². The van der Waals surface area contributed by atoms with E-state index >= 15 is 0 Å². The van der Waals surface area contributed by atoms with Crippen LogP contribution in [-0.4, -0.2) is 40.7 Å². The number of nitrogens with one attached hydrogen (secondary N) is 2. The van der Waals surface area contributed by atoms with Crippen LogP contribution in [0.25, 0.3) is 0 Å². The van der Waals surface area contributed by atoms with Gasteiger partial charge in [0.1, 0.15) is 0 Å². The summed E-state index contributed by atoms with van der Waals surface area (Å²) < 4.78 is 28.1. The Bertz CT molecular complexity index is 628. The molecule has 0 saturated carbocycles. The first-order valence-corrected chi connectivity index (χ1v) is 10.1. The Hall–Kier alpha value is -1.64. The first-order chi connectivity index (χ1) is 11.8. The maximum absolute atomic E-state index is 11.2. The molecule has 0 aliphatic rings. The summed E-state index contributed by atoms with van der Waals surface area (Å²) in [5.74, 6) is 1.35. The van der Waals surface area contributed by atoms with Crippen molar-refractivity contribution in [3.63, 3.8) is 0 Å². The molecule has 0 amide bonds. The van der Waals surface area contributed by atoms with E-state index in [1.54, 1.807) is 12.1 Å². The fourth-order valence-corrected chi connectivity index (χ4v) is 2.47. The van der Waals surface area contributed by atoms with E-state index in [2.05, 4.69) is 29.5 Å². The zero-order chi connectivity index (χ0) is 18.7. The quantitative estimate of drug-likeness (QED) is 0.328. The summed E-state index contributed by atoms with van der Waals surface area (Å²) in [7, 11) is -3.66. The van der Waals surface area contributed by atoms with Crippen LogP contribution in [0.1, 0.15) is 32.8 Å². The van der Waals surface area contributed by atoms with Crippen LogP contribution in [0.5, 0.6) is 0 Å². The predicted molar refractivity (Wildman–Crippen MR) is 101 cm³/mol. The molecule has 0 fully saturated rings. The molecule has 8 heteroatoms. The average Bonchev–Trinajstić information content (AvgIpc) is 2.55. The monoisotopic (exact) mass is 370 g/mol. The van der Waals surface area contributed by atoms with Crippen LogP contribution in [-0.2, 0) is 21.3 Å². The number of hydrogen-bond donors (Lipinski definition) is 3. The third-order valence-electron chi connectivity index (χ3n) is 3.39. The topological polar surface area (TPSA) is 106 Å². The molecule has 7 nitrogen and oxygen atoms in total. The molecular formula is C17H30N4O3S. The van der Waals surface area contributed by atoms with Gasteiger partial charge < -0.3 is 15.4 Å². The van der Waals surface area contributed by atoms with Crippen molar-refractivity contribution in [2.45, 2.75) is 38.6 Å². The second-order valence-corrected chi connectivity index (χ2v) is 7.67. The number of benzene rings is 1. The summed E-state index contributed by atoms with van der Waals surface area (Å²) in [6.07, 6.45) is 1.06. The number of guanidine groups is 1. The number of primary sulfonamides is 1. The van der Waals surface area contributed by atoms with Crippen molar-refractivity contribution in [2.24, 2.45) is 16.0 Å². The zero-order valence-electron chi connectivity index (χ0n) is 15.3. The van der Waals surface area contributed by atoms with Gasteiger partial charge in [0.2, 0.25) is 10.0 Å². The number of nitrogens with two attached hydrogens (primary N) is 1. The predicted octanol–water partition coefficient (Wildman–Crippen LogP) is 1.45. The Balaban J connectivity index is 2.46. The lowest BCUT2D eigenvalue weighted by Crippen LogP contribution is -2.39. The Morgan fingerprint density at radius 1 is 1.20 bits per heavy atom. The molecule has 25 heavy (non-hydrogen) atoms. The second-order valence-electron chi connectivity index (χ2n) is 6.11. The van der Waals surface area contributed by atoms with Crippen LogP contribution in [0.15, 0.2) is 34.2 Å². The van der Waals surface area contributed by atoms with Crippen molar-refractivity contribution in [1.82, 2.24) is 10.6 Å². The number of aliphatic imine (C=N–C) groups is 1. The summed E-state index contributed by atoms with van der Waals surface area (Å²) in [5, 5.41) is 11.5. The van der Waals surface area contributed by atoms with E-state index in [1.807, 2.05) is 6.92 Å². The number of rotatable bonds is 10. The average molecular weight is 371 g/mol. The van der Waals surface area contributed by atoms with E-state index in [1.165, 1.54) is 12.1 Å². The minimum absolute atomic E-state index is 0.101. The molecule has 0 bridgehead atoms. The van der Waals surface area contributed by atoms with Gasteiger partial charge in [0.25, 0.3) is 0 Å². The summed E-state index contributed by atoms with van der Waals surface area (Å²) in [5.41, 5.74) is 0.901. The summed E-state index contributed by atoms with van der Waals surface area (Å²) in [6.45, 7) is 9.61. The molecule has 1 aromatic rings. The highest BCUT2D eigenvalue weighted by molar-refractivity contribution is 7.89. The van der Waals surface area contributed by atoms with Gasteiger partial charge in [0, 0.05) is 19.7 Å². The third kappa shape index (κ3) is 9.42. The van der Waals surface area contributed by atoms with Crippen molar-refractivity contribution < 1.29 is 13.2 Å². The van der Waals surface area contributed by atoms with E-state index < -0.39 is 10.0 Å². The van der Waals surface area contributed by atoms with Crippen LogP contribution < -0.4 is 15.8 Å². The molecule has 0 aliphatic heterocycles. The molecule has 0 spiro atoms. The van der Waals surface area contributed by atoms with Crippen molar-refractivity contribution in [3.8, 4) is 0 Å². The van der Waals surface area contributed by atoms with Crippen LogP contribution >= 0.6 is 0 Å². The Morgan fingerprint density at radius 2 is 1.88 bits per heavy atom. The second kappa shape index (κ2) is 11.1. The molecule has 0 aromatic heterocycles. The van der Waals surface area contributed by atoms with Crippen molar-refractivity contribution in [2.75, 3.05) is 26.3 Å². The molecule has 0 radical (unpaired) electrons. The highest BCUT2D eigenvalue weighted by atomic mass is 32.2. The number of nitrogens with zero attached hydrogens (tertiary/aromatic N) is 1. The standard InChI is InChI=1S/C17H30N4O3S/c1-4-19-17(20-10-12-24-11-9-14(2)3)21-13-15-5-7-16(8-6-15)25(18,22)23/h5-8,14H,4,9-13H2,1-3H3,(H2,18,22,23)(H2,19,20,21). The van der Waals surface area contributed by atoms with E-state index in [0.717, 1.165) is 25.1 Å². The van der Waals surface area contributed by atoms with Crippen molar-refractivity contribution >= 4 is 16.0 Å². The van der Waals surface area contributed by atoms with Gasteiger partial charge in [-0.25, -0.2) is 18.5 Å². The Labute approximate surface area is 151 Å². The van der Waals surface area contributed by atoms with Gasteiger partial charge in [-0.15, -0.1) is 0 Å². The summed E-state index contributed by atoms with van der Waals surface area (Å²) >= 11 is 0. The minimum Gasteiger partial charge on any atom is -0.380 e. The molecule has 0 unspecified atom stereocenters. The lowest BCUT2D eigenvalue weighted by Gasteiger charge is -2.12. The van der Waals surface area contributed by atoms with Crippen LogP contribution in [0.4, 0.5) is 0 Å². The van der Waals surface area contributed by atoms with Gasteiger partial charge >= 0.3 is 0 Å². The van der Waals surface area contributed by atoms with Crippen LogP contribution in [0, 0.1) is 5.92 Å². The molecule has 4 N–H and O–H groups in total. The summed E-state index contributed by atoms with van der Waals surface area (Å²) in [4.78, 5) is 4.58. The number of sulfonamides is 1. The van der Waals surface area contributed by atoms with Gasteiger partial charge in [-0.05, 0) is 37.0 Å². The van der Waals surface area contributed by atoms with Gasteiger partial charge in [-0.3, -0.25) is 0 Å². The Morgan fingerprint density at radius 3 is 2.44 bits per heavy atom. The SMILES string of the molecule is CCNC(=NCc1ccc(S(N)(=O)=O)cc1)NCCOCCC(C)C. The van der Waals surface area contributed by atoms with Gasteiger partial charge in [-0.2, -0.15) is 0 Å². The Kier molecular flexibility index (Phi) is 9.48. The first-order valence-electron chi connectivity index (χ1n) is 8.54. The van der Waals surface area contributed by atoms with E-state index in [0.29, 0.717) is 31.6 Å². The highest BCUT2D eigenvalue weighted by Gasteiger charge is 2.06. The minimum atomic E-state index is -3.66. The number of hydrogen-bond acceptors (Lipinski definition) is 4. The lowest BCUT2D eigenvalue weighted by atomic mass is 10.1. The fourth-order valence-electron chi connectivity index (χ4n) is 1.96. The highest BCUT2D eigenvalue weighted by Crippen LogP contribution is 2.09. The molecule has 0 atom stereocenters. The van der Waals surface area contributed by atoms with Crippen molar-refractivity contribution in [1.29, 1.82) is 0 Å². The molecule has 142 valence electrons. The maximum Gasteiger partial charge on any atom is 0.238 e. The van der Waals surface area contributed by atoms with Gasteiger partial charge in [-0.1, -0.05) is 26.0 Å². The molecule has 0 aliphatic carbocycles. The molecular weight excluding hydrogens is 340 g/mol. The molecule has 1 rings (SSSR count). The fraction of sp³-hybridized carbons (Fsp3) is 0.588. The van der Waals surface area contributed by atoms with Crippen LogP contribution in [0.3, 0.4) is 0 Å². The molecule has 0 heterocycles. The van der Waals surface area contributed by atoms with E-state index in [9.17, 15) is 8.42 Å². The lowest BCUT2D eigenvalue weighted by molar-refractivity contribution is 0.128. The normalized spacial score (nSPS) is 12.4. The number of ether oxygens (including phenoxy) is 1. The first kappa shape index (κ1) is 21.4. The largest absolute Gasteiger partial charge is 0.380 e. The maximum atomic E-state index is 11.2. The van der Waals surface area contributed by atoms with Gasteiger partial charge in [0.05, 0.1) is 18.0 Å². The van der Waals surface area contributed by atoms with Crippen molar-refractivity contribution in [3.05, 3.63) is 29.8 Å². The smallest absolute Gasteiger partial charge is 0.238 e. The van der Waals surface area contributed by atoms with Crippen LogP contribution in [0.2, 0.25) is 0 Å². The van der Waals surface area contributed by atoms with Gasteiger partial charge in [0.15, 0.2) is 5.96 Å². The third-order valence-corrected chi connectivity index (χ3v) is 4.32. The molecule has 0 saturated heterocycles. The zero-order valence-corrected chi connectivity index (χ0v) is 16.1. The van der Waals surface area contributed by atoms with E-state index in [-0.39, 0.29) is 4.90 Å². The molecule has 1 aromatic carbocycles. The summed E-state index contributed by atoms with van der Waals surface area (Å²) in [6, 6.07) is 6.40.